The topological polar surface area (TPSA) is 97.2 Å². The molecule has 6 heteroatoms. The molecule has 0 saturated heterocycles. The number of nitrogens with two attached hydrogens (primary N) is 1. The predicted octanol–water partition coefficient (Wildman–Crippen LogP) is -0.0984. The molecule has 4 N–H and O–H groups in total. The van der Waals surface area contributed by atoms with Gasteiger partial charge in [-0.05, 0) is 18.2 Å². The molecule has 0 radical (unpaired) electrons. The summed E-state index contributed by atoms with van der Waals surface area (Å²) < 4.78 is 0. The number of para-hydroxylation sites is 1. The molecule has 1 heterocycles. The van der Waals surface area contributed by atoms with Crippen LogP contribution in [0.5, 0.6) is 0 Å². The molecule has 0 bridgehead atoms. The van der Waals surface area contributed by atoms with E-state index in [-0.39, 0.29) is 6.61 Å². The van der Waals surface area contributed by atoms with Crippen molar-refractivity contribution in [3.8, 4) is 0 Å². The molecule has 1 atom stereocenters. The van der Waals surface area contributed by atoms with E-state index >= 15 is 0 Å². The highest BCUT2D eigenvalue weighted by atomic mass is 16.3. The van der Waals surface area contributed by atoms with Crippen molar-refractivity contribution in [2.45, 2.75) is 12.5 Å². The van der Waals surface area contributed by atoms with Crippen molar-refractivity contribution in [3.05, 3.63) is 29.8 Å². The zero-order valence-corrected chi connectivity index (χ0v) is 9.41. The molecule has 0 unspecified atom stereocenters. The number of nitrogens with zero attached hydrogens (tertiary/aromatic N) is 3. The first-order valence-electron chi connectivity index (χ1n) is 5.15. The van der Waals surface area contributed by atoms with E-state index in [2.05, 4.69) is 10.3 Å². The van der Waals surface area contributed by atoms with Gasteiger partial charge in [-0.25, -0.2) is 0 Å². The molecular weight excluding hydrogens is 220 g/mol. The lowest BCUT2D eigenvalue weighted by Crippen LogP contribution is -2.25. The maximum absolute atomic E-state index is 9.67. The Hall–Kier alpha value is -1.92. The van der Waals surface area contributed by atoms with Crippen LogP contribution >= 0.6 is 0 Å². The van der Waals surface area contributed by atoms with Gasteiger partial charge in [-0.3, -0.25) is 0 Å². The molecule has 0 saturated carbocycles. The minimum atomic E-state index is -1.25. The molecule has 17 heavy (non-hydrogen) atoms. The number of hydrogen-bond acceptors (Lipinski definition) is 5. The molecule has 6 nitrogen and oxygen atoms in total. The van der Waals surface area contributed by atoms with Gasteiger partial charge in [-0.15, -0.1) is 5.10 Å². The van der Waals surface area contributed by atoms with Gasteiger partial charge in [0, 0.05) is 5.56 Å². The van der Waals surface area contributed by atoms with Crippen LogP contribution in [0.4, 0.5) is 0 Å². The fourth-order valence-electron chi connectivity index (χ4n) is 1.48. The zero-order valence-electron chi connectivity index (χ0n) is 9.41. The molecule has 0 aliphatic carbocycles. The Bertz CT molecular complexity index is 560. The predicted molar refractivity (Wildman–Crippen MR) is 64.4 cm³/mol. The molecule has 2 rings (SSSR count). The number of rotatable bonds is 3. The SMILES string of the molecule is C[C@](O)(/C=C\c1cccc2nnn(N)c12)CO. The van der Waals surface area contributed by atoms with Crippen LogP contribution in [0.3, 0.4) is 0 Å². The van der Waals surface area contributed by atoms with E-state index in [1.165, 1.54) is 17.8 Å². The van der Waals surface area contributed by atoms with Crippen LogP contribution in [-0.4, -0.2) is 37.5 Å². The van der Waals surface area contributed by atoms with E-state index in [1.807, 2.05) is 12.1 Å². The average Bonchev–Trinajstić information content (AvgIpc) is 2.70. The Labute approximate surface area is 97.9 Å². The molecule has 0 aliphatic rings. The summed E-state index contributed by atoms with van der Waals surface area (Å²) in [7, 11) is 0. The van der Waals surface area contributed by atoms with E-state index < -0.39 is 5.60 Å². The summed E-state index contributed by atoms with van der Waals surface area (Å²) in [4.78, 5) is 1.18. The molecular formula is C11H14N4O2. The molecule has 1 aromatic heterocycles. The maximum atomic E-state index is 9.67. The first kappa shape index (κ1) is 11.6. The second-order valence-corrected chi connectivity index (χ2v) is 4.10. The van der Waals surface area contributed by atoms with E-state index in [0.717, 1.165) is 5.56 Å². The Kier molecular flexibility index (Phi) is 2.83. The molecule has 0 fully saturated rings. The Balaban J connectivity index is 2.46. The van der Waals surface area contributed by atoms with E-state index in [1.54, 1.807) is 12.1 Å². The van der Waals surface area contributed by atoms with Crippen LogP contribution in [0.15, 0.2) is 24.3 Å². The fraction of sp³-hybridized carbons (Fsp3) is 0.273. The van der Waals surface area contributed by atoms with E-state index in [4.69, 9.17) is 10.9 Å². The highest BCUT2D eigenvalue weighted by Gasteiger charge is 2.14. The molecule has 90 valence electrons. The van der Waals surface area contributed by atoms with Crippen molar-refractivity contribution in [1.82, 2.24) is 15.1 Å². The summed E-state index contributed by atoms with van der Waals surface area (Å²) in [6, 6.07) is 5.45. The second-order valence-electron chi connectivity index (χ2n) is 4.10. The van der Waals surface area contributed by atoms with E-state index in [0.29, 0.717) is 11.0 Å². The third kappa shape index (κ3) is 2.27. The molecule has 1 aromatic carbocycles. The normalized spacial score (nSPS) is 15.5. The minimum absolute atomic E-state index is 0.348. The summed E-state index contributed by atoms with van der Waals surface area (Å²) >= 11 is 0. The van der Waals surface area contributed by atoms with Gasteiger partial charge in [0.05, 0.1) is 6.61 Å². The van der Waals surface area contributed by atoms with Crippen LogP contribution < -0.4 is 5.84 Å². The second kappa shape index (κ2) is 4.15. The third-order valence-electron chi connectivity index (χ3n) is 2.47. The zero-order chi connectivity index (χ0) is 12.5. The average molecular weight is 234 g/mol. The van der Waals surface area contributed by atoms with Crippen molar-refractivity contribution >= 4 is 17.1 Å². The van der Waals surface area contributed by atoms with Gasteiger partial charge in [0.15, 0.2) is 0 Å². The smallest absolute Gasteiger partial charge is 0.119 e. The number of hydrogen-bond donors (Lipinski definition) is 3. The van der Waals surface area contributed by atoms with Gasteiger partial charge < -0.3 is 16.1 Å². The van der Waals surface area contributed by atoms with Crippen molar-refractivity contribution in [3.63, 3.8) is 0 Å². The van der Waals surface area contributed by atoms with Crippen molar-refractivity contribution < 1.29 is 10.2 Å². The van der Waals surface area contributed by atoms with Gasteiger partial charge >= 0.3 is 0 Å². The first-order chi connectivity index (χ1) is 8.03. The summed E-state index contributed by atoms with van der Waals surface area (Å²) in [6.07, 6.45) is 3.19. The number of aromatic nitrogens is 3. The summed E-state index contributed by atoms with van der Waals surface area (Å²) in [5.41, 5.74) is 0.884. The fourth-order valence-corrected chi connectivity index (χ4v) is 1.48. The number of nitrogen functional groups attached to an aromatic ring is 1. The number of aliphatic hydroxyl groups is 2. The Morgan fingerprint density at radius 2 is 2.29 bits per heavy atom. The summed E-state index contributed by atoms with van der Waals surface area (Å²) in [6.45, 7) is 1.17. The Morgan fingerprint density at radius 1 is 1.53 bits per heavy atom. The third-order valence-corrected chi connectivity index (χ3v) is 2.47. The number of benzene rings is 1. The molecule has 0 spiro atoms. The standard InChI is InChI=1S/C11H14N4O2/c1-11(17,7-16)6-5-8-3-2-4-9-10(8)15(12)14-13-9/h2-6,16-17H,7,12H2,1H3/b6-5-/t11-/m0/s1. The van der Waals surface area contributed by atoms with Crippen molar-refractivity contribution in [1.29, 1.82) is 0 Å². The van der Waals surface area contributed by atoms with Crippen LogP contribution in [0.1, 0.15) is 12.5 Å². The van der Waals surface area contributed by atoms with E-state index in [9.17, 15) is 5.11 Å². The first-order valence-corrected chi connectivity index (χ1v) is 5.15. The highest BCUT2D eigenvalue weighted by molar-refractivity contribution is 5.84. The van der Waals surface area contributed by atoms with Crippen LogP contribution in [0, 0.1) is 0 Å². The van der Waals surface area contributed by atoms with Crippen molar-refractivity contribution in [2.24, 2.45) is 0 Å². The largest absolute Gasteiger partial charge is 0.393 e. The molecule has 2 aromatic rings. The minimum Gasteiger partial charge on any atom is -0.393 e. The van der Waals surface area contributed by atoms with Gasteiger partial charge in [0.1, 0.15) is 16.6 Å². The quantitative estimate of drug-likeness (QED) is 0.644. The maximum Gasteiger partial charge on any atom is 0.119 e. The van der Waals surface area contributed by atoms with Crippen LogP contribution in [0.2, 0.25) is 0 Å². The summed E-state index contributed by atoms with van der Waals surface area (Å²) in [5.74, 6) is 5.65. The lowest BCUT2D eigenvalue weighted by Gasteiger charge is -2.14. The monoisotopic (exact) mass is 234 g/mol. The van der Waals surface area contributed by atoms with Gasteiger partial charge in [0.25, 0.3) is 0 Å². The van der Waals surface area contributed by atoms with Gasteiger partial charge in [-0.1, -0.05) is 24.3 Å². The van der Waals surface area contributed by atoms with Crippen molar-refractivity contribution in [2.75, 3.05) is 12.4 Å². The molecule has 0 aliphatic heterocycles. The lowest BCUT2D eigenvalue weighted by molar-refractivity contribution is 0.0442. The van der Waals surface area contributed by atoms with Crippen LogP contribution in [0.25, 0.3) is 17.1 Å². The van der Waals surface area contributed by atoms with Crippen LogP contribution in [-0.2, 0) is 0 Å². The van der Waals surface area contributed by atoms with Gasteiger partial charge in [-0.2, -0.15) is 4.79 Å². The number of fused-ring (bicyclic) bond motifs is 1. The summed E-state index contributed by atoms with van der Waals surface area (Å²) in [5, 5.41) is 26.2. The lowest BCUT2D eigenvalue weighted by atomic mass is 10.1. The number of aliphatic hydroxyl groups excluding tert-OH is 1. The molecule has 0 amide bonds. The Morgan fingerprint density at radius 3 is 3.00 bits per heavy atom. The van der Waals surface area contributed by atoms with Gasteiger partial charge in [0.2, 0.25) is 0 Å². The highest BCUT2D eigenvalue weighted by Crippen LogP contribution is 2.17.